The summed E-state index contributed by atoms with van der Waals surface area (Å²) in [6, 6.07) is 8.39. The Morgan fingerprint density at radius 2 is 1.85 bits per heavy atom. The molecule has 0 radical (unpaired) electrons. The molecule has 1 saturated carbocycles. The first-order chi connectivity index (χ1) is 9.48. The van der Waals surface area contributed by atoms with E-state index in [1.54, 1.807) is 24.3 Å². The lowest BCUT2D eigenvalue weighted by atomic mass is 9.85. The molecule has 1 aromatic carbocycles. The van der Waals surface area contributed by atoms with Crippen LogP contribution in [0, 0.1) is 5.92 Å². The van der Waals surface area contributed by atoms with Crippen LogP contribution in [0.4, 0.5) is 0 Å². The maximum Gasteiger partial charge on any atom is 0.308 e. The van der Waals surface area contributed by atoms with Crippen LogP contribution in [0.2, 0.25) is 0 Å². The molecule has 0 heterocycles. The number of sulfonamides is 1. The van der Waals surface area contributed by atoms with E-state index in [9.17, 15) is 13.2 Å². The molecule has 2 atom stereocenters. The molecule has 0 saturated heterocycles. The first-order valence-corrected chi connectivity index (χ1v) is 8.40. The van der Waals surface area contributed by atoms with E-state index in [4.69, 9.17) is 5.11 Å². The summed E-state index contributed by atoms with van der Waals surface area (Å²) >= 11 is 0. The summed E-state index contributed by atoms with van der Waals surface area (Å²) in [5.74, 6) is -1.65. The largest absolute Gasteiger partial charge is 0.481 e. The lowest BCUT2D eigenvalue weighted by molar-refractivity contribution is -0.143. The van der Waals surface area contributed by atoms with E-state index in [0.717, 1.165) is 12.8 Å². The molecular formula is C14H19NO4S. The van der Waals surface area contributed by atoms with Crippen LogP contribution in [0.5, 0.6) is 0 Å². The first kappa shape index (κ1) is 15.0. The summed E-state index contributed by atoms with van der Waals surface area (Å²) in [7, 11) is -3.51. The number of rotatable bonds is 5. The summed E-state index contributed by atoms with van der Waals surface area (Å²) in [6.45, 7) is 0. The van der Waals surface area contributed by atoms with Crippen LogP contribution in [0.1, 0.15) is 31.2 Å². The molecule has 0 aromatic heterocycles. The fourth-order valence-electron chi connectivity index (χ4n) is 2.63. The van der Waals surface area contributed by atoms with Crippen LogP contribution in [0.25, 0.3) is 0 Å². The normalized spacial score (nSPS) is 23.4. The van der Waals surface area contributed by atoms with Gasteiger partial charge in [0.05, 0.1) is 11.7 Å². The van der Waals surface area contributed by atoms with E-state index < -0.39 is 28.0 Å². The highest BCUT2D eigenvalue weighted by molar-refractivity contribution is 7.88. The summed E-state index contributed by atoms with van der Waals surface area (Å²) in [5.41, 5.74) is 0.697. The van der Waals surface area contributed by atoms with Crippen molar-refractivity contribution in [1.29, 1.82) is 0 Å². The predicted molar refractivity (Wildman–Crippen MR) is 75.6 cm³/mol. The molecule has 5 nitrogen and oxygen atoms in total. The van der Waals surface area contributed by atoms with Crippen molar-refractivity contribution >= 4 is 16.0 Å². The van der Waals surface area contributed by atoms with Gasteiger partial charge in [-0.25, -0.2) is 13.1 Å². The number of nitrogens with one attached hydrogen (secondary N) is 1. The molecule has 0 aliphatic heterocycles. The Labute approximate surface area is 119 Å². The molecule has 0 spiro atoms. The van der Waals surface area contributed by atoms with Crippen molar-refractivity contribution in [1.82, 2.24) is 4.72 Å². The summed E-state index contributed by atoms with van der Waals surface area (Å²) < 4.78 is 26.8. The molecule has 110 valence electrons. The van der Waals surface area contributed by atoms with Gasteiger partial charge < -0.3 is 5.11 Å². The topological polar surface area (TPSA) is 83.5 Å². The number of carbonyl (C=O) groups is 1. The zero-order chi connectivity index (χ0) is 14.6. The van der Waals surface area contributed by atoms with Crippen molar-refractivity contribution < 1.29 is 18.3 Å². The fourth-order valence-corrected chi connectivity index (χ4v) is 4.09. The summed E-state index contributed by atoms with van der Waals surface area (Å²) in [5, 5.41) is 9.16. The molecule has 20 heavy (non-hydrogen) atoms. The second kappa shape index (κ2) is 6.37. The van der Waals surface area contributed by atoms with Gasteiger partial charge in [-0.1, -0.05) is 43.2 Å². The average Bonchev–Trinajstić information content (AvgIpc) is 2.39. The number of carboxylic acids is 1. The van der Waals surface area contributed by atoms with Crippen LogP contribution in [-0.2, 0) is 20.6 Å². The Kier molecular flexibility index (Phi) is 4.77. The Balaban J connectivity index is 2.05. The van der Waals surface area contributed by atoms with Gasteiger partial charge in [-0.3, -0.25) is 4.79 Å². The van der Waals surface area contributed by atoms with E-state index in [2.05, 4.69) is 4.72 Å². The van der Waals surface area contributed by atoms with Gasteiger partial charge in [-0.15, -0.1) is 0 Å². The second-order valence-electron chi connectivity index (χ2n) is 5.20. The minimum atomic E-state index is -3.51. The van der Waals surface area contributed by atoms with Crippen molar-refractivity contribution in [2.75, 3.05) is 0 Å². The van der Waals surface area contributed by atoms with E-state index in [1.807, 2.05) is 6.07 Å². The van der Waals surface area contributed by atoms with E-state index in [-0.39, 0.29) is 5.75 Å². The Morgan fingerprint density at radius 3 is 2.50 bits per heavy atom. The third kappa shape index (κ3) is 4.05. The van der Waals surface area contributed by atoms with E-state index >= 15 is 0 Å². The zero-order valence-corrected chi connectivity index (χ0v) is 12.0. The number of hydrogen-bond acceptors (Lipinski definition) is 3. The van der Waals surface area contributed by atoms with Crippen molar-refractivity contribution in [3.05, 3.63) is 35.9 Å². The molecule has 2 rings (SSSR count). The predicted octanol–water partition coefficient (Wildman–Crippen LogP) is 1.75. The zero-order valence-electron chi connectivity index (χ0n) is 11.2. The maximum absolute atomic E-state index is 12.1. The van der Waals surface area contributed by atoms with Crippen LogP contribution in [-0.4, -0.2) is 25.5 Å². The van der Waals surface area contributed by atoms with Gasteiger partial charge in [0.2, 0.25) is 10.0 Å². The molecule has 2 N–H and O–H groups in total. The van der Waals surface area contributed by atoms with Crippen LogP contribution >= 0.6 is 0 Å². The molecule has 1 aliphatic rings. The van der Waals surface area contributed by atoms with Gasteiger partial charge in [0.15, 0.2) is 0 Å². The summed E-state index contributed by atoms with van der Waals surface area (Å²) in [6.07, 6.45) is 2.83. The molecule has 1 aromatic rings. The third-order valence-corrected chi connectivity index (χ3v) is 4.99. The number of benzene rings is 1. The van der Waals surface area contributed by atoms with Crippen molar-refractivity contribution in [2.24, 2.45) is 5.92 Å². The monoisotopic (exact) mass is 297 g/mol. The lowest BCUT2D eigenvalue weighted by Gasteiger charge is -2.29. The molecule has 1 fully saturated rings. The van der Waals surface area contributed by atoms with Gasteiger partial charge in [-0.05, 0) is 18.4 Å². The van der Waals surface area contributed by atoms with Crippen LogP contribution < -0.4 is 4.72 Å². The van der Waals surface area contributed by atoms with Gasteiger partial charge in [0.1, 0.15) is 0 Å². The Hall–Kier alpha value is -1.40. The first-order valence-electron chi connectivity index (χ1n) is 6.75. The Bertz CT molecular complexity index is 556. The standard InChI is InChI=1S/C14H19NO4S/c16-14(17)12-8-4-5-9-13(12)15-20(18,19)10-11-6-2-1-3-7-11/h1-3,6-7,12-13,15H,4-5,8-10H2,(H,16,17)/t12-,13-/m1/s1. The van der Waals surface area contributed by atoms with E-state index in [0.29, 0.717) is 18.4 Å². The minimum Gasteiger partial charge on any atom is -0.481 e. The van der Waals surface area contributed by atoms with Gasteiger partial charge in [0, 0.05) is 6.04 Å². The highest BCUT2D eigenvalue weighted by atomic mass is 32.2. The fraction of sp³-hybridized carbons (Fsp3) is 0.500. The highest BCUT2D eigenvalue weighted by Gasteiger charge is 2.33. The molecule has 0 bridgehead atoms. The number of carboxylic acid groups (broad SMARTS) is 1. The molecule has 0 unspecified atom stereocenters. The molecule has 0 amide bonds. The van der Waals surface area contributed by atoms with E-state index in [1.165, 1.54) is 0 Å². The average molecular weight is 297 g/mol. The minimum absolute atomic E-state index is 0.114. The highest BCUT2D eigenvalue weighted by Crippen LogP contribution is 2.25. The van der Waals surface area contributed by atoms with Crippen molar-refractivity contribution in [2.45, 2.75) is 37.5 Å². The second-order valence-corrected chi connectivity index (χ2v) is 6.95. The quantitative estimate of drug-likeness (QED) is 0.867. The van der Waals surface area contributed by atoms with Crippen molar-refractivity contribution in [3.8, 4) is 0 Å². The van der Waals surface area contributed by atoms with Crippen molar-refractivity contribution in [3.63, 3.8) is 0 Å². The SMILES string of the molecule is O=C(O)[C@@H]1CCCC[C@H]1NS(=O)(=O)Cc1ccccc1. The maximum atomic E-state index is 12.1. The number of hydrogen-bond donors (Lipinski definition) is 2. The third-order valence-electron chi connectivity index (χ3n) is 3.61. The smallest absolute Gasteiger partial charge is 0.308 e. The summed E-state index contributed by atoms with van der Waals surface area (Å²) in [4.78, 5) is 11.2. The Morgan fingerprint density at radius 1 is 1.20 bits per heavy atom. The number of aliphatic carboxylic acids is 1. The molecule has 1 aliphatic carbocycles. The lowest BCUT2D eigenvalue weighted by Crippen LogP contribution is -2.45. The molecular weight excluding hydrogens is 278 g/mol. The van der Waals surface area contributed by atoms with Crippen LogP contribution in [0.3, 0.4) is 0 Å². The van der Waals surface area contributed by atoms with Gasteiger partial charge >= 0.3 is 5.97 Å². The van der Waals surface area contributed by atoms with Gasteiger partial charge in [-0.2, -0.15) is 0 Å². The van der Waals surface area contributed by atoms with Crippen LogP contribution in [0.15, 0.2) is 30.3 Å². The molecule has 6 heteroatoms. The van der Waals surface area contributed by atoms with Gasteiger partial charge in [0.25, 0.3) is 0 Å².